The normalized spacial score (nSPS) is 10.2. The van der Waals surface area contributed by atoms with Crippen molar-refractivity contribution in [3.05, 3.63) is 62.3 Å². The Labute approximate surface area is 143 Å². The van der Waals surface area contributed by atoms with Crippen molar-refractivity contribution < 1.29 is 14.5 Å². The predicted molar refractivity (Wildman–Crippen MR) is 90.8 cm³/mol. The zero-order valence-corrected chi connectivity index (χ0v) is 13.9. The third-order valence-electron chi connectivity index (χ3n) is 3.36. The molecule has 0 saturated heterocycles. The summed E-state index contributed by atoms with van der Waals surface area (Å²) in [5, 5.41) is 15.2. The summed E-state index contributed by atoms with van der Waals surface area (Å²) >= 11 is 1.59. The summed E-state index contributed by atoms with van der Waals surface area (Å²) in [6.45, 7) is 0.760. The number of nitrogens with zero attached hydrogens (tertiary/aromatic N) is 2. The number of thiophene rings is 1. The minimum Gasteiger partial charge on any atom is -0.352 e. The Morgan fingerprint density at radius 3 is 2.54 bits per heavy atom. The first-order valence-corrected chi connectivity index (χ1v) is 8.14. The van der Waals surface area contributed by atoms with Gasteiger partial charge in [0.25, 0.3) is 11.6 Å². The average molecular weight is 347 g/mol. The third kappa shape index (κ3) is 4.88. The number of nitrogens with one attached hydrogen (secondary N) is 1. The third-order valence-corrected chi connectivity index (χ3v) is 4.22. The van der Waals surface area contributed by atoms with E-state index in [1.807, 2.05) is 17.5 Å². The van der Waals surface area contributed by atoms with E-state index in [4.69, 9.17) is 0 Å². The molecule has 2 aromatic rings. The van der Waals surface area contributed by atoms with Gasteiger partial charge in [0.15, 0.2) is 0 Å². The Balaban J connectivity index is 1.77. The van der Waals surface area contributed by atoms with Gasteiger partial charge in [-0.05, 0) is 23.6 Å². The lowest BCUT2D eigenvalue weighted by Gasteiger charge is -2.16. The molecule has 2 amide bonds. The van der Waals surface area contributed by atoms with Crippen LogP contribution < -0.4 is 5.32 Å². The number of rotatable bonds is 7. The SMILES string of the molecule is CN(Cc1cccs1)C(=O)CCNC(=O)c1ccc([N+](=O)[O-])cc1. The van der Waals surface area contributed by atoms with Gasteiger partial charge in [-0.3, -0.25) is 19.7 Å². The minimum atomic E-state index is -0.524. The van der Waals surface area contributed by atoms with Gasteiger partial charge in [-0.2, -0.15) is 0 Å². The van der Waals surface area contributed by atoms with Crippen molar-refractivity contribution in [3.63, 3.8) is 0 Å². The van der Waals surface area contributed by atoms with Crippen molar-refractivity contribution in [2.75, 3.05) is 13.6 Å². The molecule has 0 radical (unpaired) electrons. The molecule has 0 aliphatic heterocycles. The van der Waals surface area contributed by atoms with Crippen LogP contribution in [0.3, 0.4) is 0 Å². The van der Waals surface area contributed by atoms with E-state index < -0.39 is 4.92 Å². The molecule has 24 heavy (non-hydrogen) atoms. The van der Waals surface area contributed by atoms with Gasteiger partial charge < -0.3 is 10.2 Å². The van der Waals surface area contributed by atoms with Crippen LogP contribution in [0.4, 0.5) is 5.69 Å². The molecule has 1 aromatic heterocycles. The van der Waals surface area contributed by atoms with Gasteiger partial charge in [0, 0.05) is 42.6 Å². The second kappa shape index (κ2) is 8.21. The van der Waals surface area contributed by atoms with E-state index in [0.717, 1.165) is 4.88 Å². The molecular formula is C16H17N3O4S. The summed E-state index contributed by atoms with van der Waals surface area (Å²) in [5.41, 5.74) is 0.247. The largest absolute Gasteiger partial charge is 0.352 e. The van der Waals surface area contributed by atoms with Crippen LogP contribution in [0.2, 0.25) is 0 Å². The average Bonchev–Trinajstić information content (AvgIpc) is 3.07. The second-order valence-electron chi connectivity index (χ2n) is 5.14. The molecular weight excluding hydrogens is 330 g/mol. The minimum absolute atomic E-state index is 0.0626. The molecule has 1 heterocycles. The number of hydrogen-bond acceptors (Lipinski definition) is 5. The van der Waals surface area contributed by atoms with Crippen LogP contribution in [-0.2, 0) is 11.3 Å². The summed E-state index contributed by atoms with van der Waals surface area (Å²) in [7, 11) is 1.72. The maximum Gasteiger partial charge on any atom is 0.269 e. The Bertz CT molecular complexity index is 713. The Morgan fingerprint density at radius 2 is 1.96 bits per heavy atom. The predicted octanol–water partition coefficient (Wildman–Crippen LogP) is 2.43. The highest BCUT2D eigenvalue weighted by molar-refractivity contribution is 7.09. The lowest BCUT2D eigenvalue weighted by atomic mass is 10.2. The first-order chi connectivity index (χ1) is 11.5. The lowest BCUT2D eigenvalue weighted by molar-refractivity contribution is -0.384. The van der Waals surface area contributed by atoms with E-state index in [-0.39, 0.29) is 30.5 Å². The van der Waals surface area contributed by atoms with Crippen molar-refractivity contribution >= 4 is 28.8 Å². The molecule has 0 aliphatic carbocycles. The first-order valence-electron chi connectivity index (χ1n) is 7.26. The van der Waals surface area contributed by atoms with Crippen molar-refractivity contribution in [2.24, 2.45) is 0 Å². The van der Waals surface area contributed by atoms with E-state index in [9.17, 15) is 19.7 Å². The monoisotopic (exact) mass is 347 g/mol. The molecule has 0 saturated carbocycles. The summed E-state index contributed by atoms with van der Waals surface area (Å²) < 4.78 is 0. The highest BCUT2D eigenvalue weighted by atomic mass is 32.1. The molecule has 0 aliphatic rings. The smallest absolute Gasteiger partial charge is 0.269 e. The van der Waals surface area contributed by atoms with Crippen LogP contribution in [0.5, 0.6) is 0 Å². The number of non-ortho nitro benzene ring substituents is 1. The van der Waals surface area contributed by atoms with E-state index in [1.54, 1.807) is 23.3 Å². The molecule has 0 spiro atoms. The topological polar surface area (TPSA) is 92.6 Å². The Kier molecular flexibility index (Phi) is 6.02. The van der Waals surface area contributed by atoms with Crippen LogP contribution in [-0.4, -0.2) is 35.2 Å². The van der Waals surface area contributed by atoms with Crippen molar-refractivity contribution in [1.29, 1.82) is 0 Å². The van der Waals surface area contributed by atoms with Crippen LogP contribution >= 0.6 is 11.3 Å². The molecule has 126 valence electrons. The van der Waals surface area contributed by atoms with Crippen molar-refractivity contribution in [1.82, 2.24) is 10.2 Å². The number of nitro groups is 1. The fourth-order valence-corrected chi connectivity index (χ4v) is 2.79. The summed E-state index contributed by atoms with van der Waals surface area (Å²) in [6, 6.07) is 9.22. The zero-order valence-electron chi connectivity index (χ0n) is 13.1. The van der Waals surface area contributed by atoms with Gasteiger partial charge in [0.1, 0.15) is 0 Å². The highest BCUT2D eigenvalue weighted by Gasteiger charge is 2.12. The number of carbonyl (C=O) groups excluding carboxylic acids is 2. The number of nitro benzene ring substituents is 1. The maximum atomic E-state index is 12.0. The van der Waals surface area contributed by atoms with Crippen molar-refractivity contribution in [2.45, 2.75) is 13.0 Å². The van der Waals surface area contributed by atoms with E-state index in [2.05, 4.69) is 5.32 Å². The first kappa shape index (κ1) is 17.6. The van der Waals surface area contributed by atoms with E-state index >= 15 is 0 Å². The van der Waals surface area contributed by atoms with Gasteiger partial charge in [-0.15, -0.1) is 11.3 Å². The van der Waals surface area contributed by atoms with Gasteiger partial charge in [-0.1, -0.05) is 6.07 Å². The van der Waals surface area contributed by atoms with Crippen LogP contribution in [0.15, 0.2) is 41.8 Å². The van der Waals surface area contributed by atoms with E-state index in [1.165, 1.54) is 24.3 Å². The number of carbonyl (C=O) groups is 2. The van der Waals surface area contributed by atoms with Crippen molar-refractivity contribution in [3.8, 4) is 0 Å². The second-order valence-corrected chi connectivity index (χ2v) is 6.17. The standard InChI is InChI=1S/C16H17N3O4S/c1-18(11-14-3-2-10-24-14)15(20)8-9-17-16(21)12-4-6-13(7-5-12)19(22)23/h2-7,10H,8-9,11H2,1H3,(H,17,21). The maximum absolute atomic E-state index is 12.0. The molecule has 8 heteroatoms. The molecule has 0 bridgehead atoms. The van der Waals surface area contributed by atoms with Crippen LogP contribution in [0.1, 0.15) is 21.7 Å². The molecule has 1 N–H and O–H groups in total. The molecule has 2 rings (SSSR count). The van der Waals surface area contributed by atoms with Gasteiger partial charge in [-0.25, -0.2) is 0 Å². The van der Waals surface area contributed by atoms with Gasteiger partial charge >= 0.3 is 0 Å². The Morgan fingerprint density at radius 1 is 1.25 bits per heavy atom. The molecule has 1 aromatic carbocycles. The summed E-state index contributed by atoms with van der Waals surface area (Å²) in [6.07, 6.45) is 0.195. The van der Waals surface area contributed by atoms with Gasteiger partial charge in [0.2, 0.25) is 5.91 Å². The van der Waals surface area contributed by atoms with E-state index in [0.29, 0.717) is 12.1 Å². The zero-order chi connectivity index (χ0) is 17.5. The van der Waals surface area contributed by atoms with Crippen LogP contribution in [0, 0.1) is 10.1 Å². The molecule has 0 fully saturated rings. The summed E-state index contributed by atoms with van der Waals surface area (Å²) in [4.78, 5) is 36.7. The number of hydrogen-bond donors (Lipinski definition) is 1. The fraction of sp³-hybridized carbons (Fsp3) is 0.250. The van der Waals surface area contributed by atoms with Crippen LogP contribution in [0.25, 0.3) is 0 Å². The number of benzene rings is 1. The van der Waals surface area contributed by atoms with Gasteiger partial charge in [0.05, 0.1) is 11.5 Å². The molecule has 7 nitrogen and oxygen atoms in total. The molecule has 0 atom stereocenters. The fourth-order valence-electron chi connectivity index (χ4n) is 2.03. The number of amides is 2. The molecule has 0 unspecified atom stereocenters. The lowest BCUT2D eigenvalue weighted by Crippen LogP contribution is -2.31. The quantitative estimate of drug-likeness (QED) is 0.615. The Hall–Kier alpha value is -2.74. The highest BCUT2D eigenvalue weighted by Crippen LogP contribution is 2.12. The summed E-state index contributed by atoms with van der Waals surface area (Å²) in [5.74, 6) is -0.425.